The Hall–Kier alpha value is -1.44. The van der Waals surface area contributed by atoms with Gasteiger partial charge in [0.2, 0.25) is 0 Å². The number of hydrogen-bond acceptors (Lipinski definition) is 2. The second-order valence-electron chi connectivity index (χ2n) is 7.28. The molecule has 0 spiro atoms. The van der Waals surface area contributed by atoms with Gasteiger partial charge in [-0.15, -0.1) is 6.58 Å². The summed E-state index contributed by atoms with van der Waals surface area (Å²) in [6, 6.07) is 8.84. The van der Waals surface area contributed by atoms with Gasteiger partial charge in [0.15, 0.2) is 11.5 Å². The van der Waals surface area contributed by atoms with Gasteiger partial charge in [-0.25, -0.2) is 0 Å². The lowest BCUT2D eigenvalue weighted by Crippen LogP contribution is -2.03. The molecular weight excluding hydrogens is 320 g/mol. The van der Waals surface area contributed by atoms with E-state index in [0.29, 0.717) is 0 Å². The highest BCUT2D eigenvalue weighted by atomic mass is 16.5. The SMILES string of the molecule is C=CCCCCCCCOc1c[c]ccc1OCCCCCC(C)CC. The average molecular weight is 360 g/mol. The van der Waals surface area contributed by atoms with Gasteiger partial charge in [-0.1, -0.05) is 70.9 Å². The standard InChI is InChI=1S/C24H39O2/c1-4-6-7-8-9-10-15-20-25-23-18-13-14-19-24(23)26-21-16-11-12-17-22(3)5-2/h4,14,18-19,22H,1,5-12,15-17,20-21H2,2-3H3. The van der Waals surface area contributed by atoms with Gasteiger partial charge >= 0.3 is 0 Å². The number of hydrogen-bond donors (Lipinski definition) is 0. The van der Waals surface area contributed by atoms with Crippen LogP contribution in [0.3, 0.4) is 0 Å². The summed E-state index contributed by atoms with van der Waals surface area (Å²) < 4.78 is 11.9. The van der Waals surface area contributed by atoms with E-state index in [1.165, 1.54) is 51.4 Å². The summed E-state index contributed by atoms with van der Waals surface area (Å²) in [5.41, 5.74) is 0. The van der Waals surface area contributed by atoms with Crippen molar-refractivity contribution in [3.8, 4) is 11.5 Å². The van der Waals surface area contributed by atoms with E-state index in [-0.39, 0.29) is 0 Å². The van der Waals surface area contributed by atoms with Gasteiger partial charge in [0.05, 0.1) is 13.2 Å². The Kier molecular flexibility index (Phi) is 13.7. The monoisotopic (exact) mass is 359 g/mol. The molecule has 0 bridgehead atoms. The predicted octanol–water partition coefficient (Wildman–Crippen LogP) is 7.38. The van der Waals surface area contributed by atoms with Gasteiger partial charge < -0.3 is 9.47 Å². The van der Waals surface area contributed by atoms with E-state index >= 15 is 0 Å². The van der Waals surface area contributed by atoms with Gasteiger partial charge in [-0.2, -0.15) is 0 Å². The fraction of sp³-hybridized carbons (Fsp3) is 0.667. The molecule has 26 heavy (non-hydrogen) atoms. The van der Waals surface area contributed by atoms with Crippen LogP contribution in [0, 0.1) is 12.0 Å². The highest BCUT2D eigenvalue weighted by Crippen LogP contribution is 2.26. The zero-order chi connectivity index (χ0) is 18.9. The molecule has 2 heteroatoms. The van der Waals surface area contributed by atoms with Gasteiger partial charge in [-0.05, 0) is 49.8 Å². The fourth-order valence-corrected chi connectivity index (χ4v) is 2.89. The summed E-state index contributed by atoms with van der Waals surface area (Å²) in [6.45, 7) is 9.89. The highest BCUT2D eigenvalue weighted by molar-refractivity contribution is 5.38. The molecule has 1 rings (SSSR count). The minimum atomic E-state index is 0.755. The second kappa shape index (κ2) is 15.8. The molecule has 0 amide bonds. The minimum Gasteiger partial charge on any atom is -0.490 e. The van der Waals surface area contributed by atoms with Crippen molar-refractivity contribution in [2.45, 2.75) is 84.5 Å². The molecule has 1 atom stereocenters. The van der Waals surface area contributed by atoms with E-state index in [9.17, 15) is 0 Å². The van der Waals surface area contributed by atoms with Gasteiger partial charge in [0.25, 0.3) is 0 Å². The van der Waals surface area contributed by atoms with Crippen molar-refractivity contribution in [1.82, 2.24) is 0 Å². The Balaban J connectivity index is 2.14. The molecule has 0 aliphatic rings. The molecule has 147 valence electrons. The first-order valence-electron chi connectivity index (χ1n) is 10.6. The number of benzene rings is 1. The van der Waals surface area contributed by atoms with E-state index in [1.54, 1.807) is 0 Å². The maximum absolute atomic E-state index is 5.94. The maximum atomic E-state index is 5.94. The van der Waals surface area contributed by atoms with Crippen LogP contribution in [0.25, 0.3) is 0 Å². The summed E-state index contributed by atoms with van der Waals surface area (Å²) in [4.78, 5) is 0. The second-order valence-corrected chi connectivity index (χ2v) is 7.28. The number of allylic oxidation sites excluding steroid dienone is 1. The minimum absolute atomic E-state index is 0.755. The zero-order valence-electron chi connectivity index (χ0n) is 17.1. The van der Waals surface area contributed by atoms with Gasteiger partial charge in [-0.3, -0.25) is 0 Å². The van der Waals surface area contributed by atoms with E-state index in [0.717, 1.165) is 49.9 Å². The normalized spacial score (nSPS) is 11.9. The summed E-state index contributed by atoms with van der Waals surface area (Å²) in [7, 11) is 0. The number of ether oxygens (including phenoxy) is 2. The van der Waals surface area contributed by atoms with Crippen molar-refractivity contribution in [1.29, 1.82) is 0 Å². The lowest BCUT2D eigenvalue weighted by Gasteiger charge is -2.13. The number of unbranched alkanes of at least 4 members (excludes halogenated alkanes) is 7. The van der Waals surface area contributed by atoms with Crippen molar-refractivity contribution in [3.63, 3.8) is 0 Å². The molecule has 0 aliphatic heterocycles. The van der Waals surface area contributed by atoms with Crippen LogP contribution in [0.5, 0.6) is 11.5 Å². The lowest BCUT2D eigenvalue weighted by molar-refractivity contribution is 0.258. The van der Waals surface area contributed by atoms with Crippen molar-refractivity contribution in [3.05, 3.63) is 36.9 Å². The van der Waals surface area contributed by atoms with Crippen LogP contribution in [0.4, 0.5) is 0 Å². The smallest absolute Gasteiger partial charge is 0.161 e. The Morgan fingerprint density at radius 1 is 0.962 bits per heavy atom. The van der Waals surface area contributed by atoms with Crippen LogP contribution in [0.15, 0.2) is 30.9 Å². The maximum Gasteiger partial charge on any atom is 0.161 e. The predicted molar refractivity (Wildman–Crippen MR) is 112 cm³/mol. The molecule has 0 saturated carbocycles. The third-order valence-corrected chi connectivity index (χ3v) is 4.89. The van der Waals surface area contributed by atoms with E-state index in [1.807, 2.05) is 24.3 Å². The van der Waals surface area contributed by atoms with Crippen LogP contribution in [-0.4, -0.2) is 13.2 Å². The molecule has 0 N–H and O–H groups in total. The molecule has 0 fully saturated rings. The van der Waals surface area contributed by atoms with Crippen molar-refractivity contribution in [2.24, 2.45) is 5.92 Å². The molecule has 2 nitrogen and oxygen atoms in total. The van der Waals surface area contributed by atoms with Crippen LogP contribution < -0.4 is 9.47 Å². The largest absolute Gasteiger partial charge is 0.490 e. The third-order valence-electron chi connectivity index (χ3n) is 4.89. The van der Waals surface area contributed by atoms with E-state index < -0.39 is 0 Å². The summed E-state index contributed by atoms with van der Waals surface area (Å²) in [5.74, 6) is 2.54. The van der Waals surface area contributed by atoms with E-state index in [2.05, 4.69) is 26.5 Å². The van der Waals surface area contributed by atoms with Crippen LogP contribution in [0.1, 0.15) is 84.5 Å². The topological polar surface area (TPSA) is 18.5 Å². The van der Waals surface area contributed by atoms with Crippen LogP contribution >= 0.6 is 0 Å². The molecule has 1 unspecified atom stereocenters. The molecular formula is C24H39O2. The van der Waals surface area contributed by atoms with E-state index in [4.69, 9.17) is 9.47 Å². The van der Waals surface area contributed by atoms with Gasteiger partial charge in [0.1, 0.15) is 0 Å². The van der Waals surface area contributed by atoms with Crippen LogP contribution in [-0.2, 0) is 0 Å². The Bertz CT molecular complexity index is 455. The summed E-state index contributed by atoms with van der Waals surface area (Å²) >= 11 is 0. The summed E-state index contributed by atoms with van der Waals surface area (Å²) in [5, 5.41) is 0. The lowest BCUT2D eigenvalue weighted by atomic mass is 10.0. The molecule has 0 heterocycles. The fourth-order valence-electron chi connectivity index (χ4n) is 2.89. The van der Waals surface area contributed by atoms with Crippen molar-refractivity contribution >= 4 is 0 Å². The quantitative estimate of drug-likeness (QED) is 0.213. The number of rotatable bonds is 17. The molecule has 0 aliphatic carbocycles. The first-order chi connectivity index (χ1) is 12.8. The van der Waals surface area contributed by atoms with Crippen molar-refractivity contribution < 1.29 is 9.47 Å². The average Bonchev–Trinajstić information content (AvgIpc) is 2.67. The zero-order valence-corrected chi connectivity index (χ0v) is 17.1. The first kappa shape index (κ1) is 22.6. The summed E-state index contributed by atoms with van der Waals surface area (Å²) in [6.07, 6.45) is 15.5. The van der Waals surface area contributed by atoms with Crippen LogP contribution in [0.2, 0.25) is 0 Å². The molecule has 1 radical (unpaired) electrons. The van der Waals surface area contributed by atoms with Gasteiger partial charge in [0, 0.05) is 0 Å². The molecule has 0 saturated heterocycles. The Morgan fingerprint density at radius 3 is 2.35 bits per heavy atom. The van der Waals surface area contributed by atoms with Crippen molar-refractivity contribution in [2.75, 3.05) is 13.2 Å². The Morgan fingerprint density at radius 2 is 1.62 bits per heavy atom. The molecule has 0 aromatic heterocycles. The highest BCUT2D eigenvalue weighted by Gasteiger charge is 2.04. The third kappa shape index (κ3) is 11.2. The first-order valence-corrected chi connectivity index (χ1v) is 10.6. The molecule has 1 aromatic rings. The Labute approximate surface area is 162 Å². The molecule has 1 aromatic carbocycles.